The van der Waals surface area contributed by atoms with Crippen molar-refractivity contribution in [2.24, 2.45) is 0 Å². The average Bonchev–Trinajstić information content (AvgIpc) is 2.74. The fourth-order valence-corrected chi connectivity index (χ4v) is 4.74. The second-order valence-electron chi connectivity index (χ2n) is 7.66. The van der Waals surface area contributed by atoms with Gasteiger partial charge in [0.25, 0.3) is 5.69 Å². The zero-order valence-electron chi connectivity index (χ0n) is 17.4. The van der Waals surface area contributed by atoms with Crippen LogP contribution in [0.1, 0.15) is 22.6 Å². The molecule has 172 valence electrons. The van der Waals surface area contributed by atoms with Crippen LogP contribution in [0.4, 0.5) is 21.9 Å². The number of non-ortho nitro benzene ring substituents is 1. The third-order valence-corrected chi connectivity index (χ3v) is 6.11. The van der Waals surface area contributed by atoms with E-state index in [1.165, 1.54) is 24.3 Å². The molecule has 1 aliphatic rings. The number of anilines is 2. The van der Waals surface area contributed by atoms with Crippen LogP contribution in [0.25, 0.3) is 0 Å². The number of nitro groups is 1. The molecule has 0 spiro atoms. The van der Waals surface area contributed by atoms with Gasteiger partial charge in [0, 0.05) is 41.2 Å². The van der Waals surface area contributed by atoms with Gasteiger partial charge in [-0.3, -0.25) is 10.1 Å². The van der Waals surface area contributed by atoms with Crippen molar-refractivity contribution in [1.82, 2.24) is 4.90 Å². The van der Waals surface area contributed by atoms with Gasteiger partial charge in [0.05, 0.1) is 16.3 Å². The Balaban J connectivity index is 0.00000306. The molecule has 0 aliphatic carbocycles. The summed E-state index contributed by atoms with van der Waals surface area (Å²) in [6, 6.07) is 16.3. The van der Waals surface area contributed by atoms with Crippen molar-refractivity contribution in [2.75, 3.05) is 18.5 Å². The lowest BCUT2D eigenvalue weighted by atomic mass is 9.83. The summed E-state index contributed by atoms with van der Waals surface area (Å²) < 4.78 is 0. The minimum Gasteiger partial charge on any atom is -0.464 e. The van der Waals surface area contributed by atoms with E-state index in [0.717, 1.165) is 21.6 Å². The first-order chi connectivity index (χ1) is 15.3. The molecule has 3 aromatic carbocycles. The number of halogens is 3. The molecule has 1 atom stereocenters. The lowest BCUT2D eigenvalue weighted by Crippen LogP contribution is -2.33. The first kappa shape index (κ1) is 24.8. The number of hydrogen-bond acceptors (Lipinski definition) is 4. The van der Waals surface area contributed by atoms with E-state index in [4.69, 9.17) is 23.2 Å². The van der Waals surface area contributed by atoms with Crippen molar-refractivity contribution >= 4 is 58.8 Å². The van der Waals surface area contributed by atoms with E-state index >= 15 is 0 Å². The first-order valence-corrected chi connectivity index (χ1v) is 10.5. The van der Waals surface area contributed by atoms with Crippen LogP contribution in [0, 0.1) is 10.1 Å². The molecule has 0 radical (unpaired) electrons. The quantitative estimate of drug-likeness (QED) is 0.312. The third-order valence-electron chi connectivity index (χ3n) is 5.56. The maximum atomic E-state index is 12.3. The molecule has 1 N–H and O–H groups in total. The van der Waals surface area contributed by atoms with Gasteiger partial charge >= 0.3 is 6.09 Å². The number of amides is 1. The van der Waals surface area contributed by atoms with Gasteiger partial charge in [0.15, 0.2) is 0 Å². The first-order valence-electron chi connectivity index (χ1n) is 9.79. The highest BCUT2D eigenvalue weighted by molar-refractivity contribution is 6.35. The molecular weight excluding hydrogens is 489 g/mol. The minimum absolute atomic E-state index is 0. The number of likely N-dealkylation sites (N-methyl/N-ethyl adjacent to an activating group) is 1. The van der Waals surface area contributed by atoms with Gasteiger partial charge in [-0.25, -0.2) is 9.69 Å². The van der Waals surface area contributed by atoms with E-state index in [1.807, 2.05) is 25.2 Å². The predicted octanol–water partition coefficient (Wildman–Crippen LogP) is 6.72. The predicted molar refractivity (Wildman–Crippen MR) is 132 cm³/mol. The Kier molecular flexibility index (Phi) is 7.49. The molecule has 1 heterocycles. The van der Waals surface area contributed by atoms with Gasteiger partial charge in [-0.05, 0) is 54.1 Å². The normalized spacial score (nSPS) is 15.3. The molecule has 7 nitrogen and oxygen atoms in total. The number of para-hydroxylation sites is 1. The molecule has 33 heavy (non-hydrogen) atoms. The van der Waals surface area contributed by atoms with Gasteiger partial charge in [0.2, 0.25) is 0 Å². The maximum absolute atomic E-state index is 12.3. The maximum Gasteiger partial charge on any atom is 0.416 e. The van der Waals surface area contributed by atoms with E-state index in [0.29, 0.717) is 34.5 Å². The molecule has 10 heteroatoms. The third kappa shape index (κ3) is 4.91. The van der Waals surface area contributed by atoms with Crippen LogP contribution in [-0.2, 0) is 6.54 Å². The molecule has 0 bridgehead atoms. The molecule has 1 aliphatic heterocycles. The van der Waals surface area contributed by atoms with Gasteiger partial charge < -0.3 is 10.0 Å². The molecular formula is C23H20Cl3N3O4. The zero-order valence-corrected chi connectivity index (χ0v) is 19.8. The van der Waals surface area contributed by atoms with Crippen LogP contribution in [0.5, 0.6) is 0 Å². The largest absolute Gasteiger partial charge is 0.464 e. The van der Waals surface area contributed by atoms with Crippen LogP contribution < -0.4 is 4.90 Å². The Bertz CT molecular complexity index is 1200. The van der Waals surface area contributed by atoms with Gasteiger partial charge in [-0.1, -0.05) is 41.4 Å². The van der Waals surface area contributed by atoms with Crippen LogP contribution in [0.3, 0.4) is 0 Å². The SMILES string of the molecule is CN1Cc2c(Cl)cc(Cl)cc2C(c2ccccc2N(C(=O)O)c2ccc([N+](=O)[O-])cc2)C1.Cl. The van der Waals surface area contributed by atoms with Crippen LogP contribution in [0.2, 0.25) is 10.0 Å². The molecule has 3 aromatic rings. The minimum atomic E-state index is -1.19. The van der Waals surface area contributed by atoms with Crippen molar-refractivity contribution in [3.63, 3.8) is 0 Å². The van der Waals surface area contributed by atoms with Crippen molar-refractivity contribution < 1.29 is 14.8 Å². The number of benzene rings is 3. The second-order valence-corrected chi connectivity index (χ2v) is 8.50. The summed E-state index contributed by atoms with van der Waals surface area (Å²) in [7, 11) is 1.98. The number of carbonyl (C=O) groups is 1. The van der Waals surface area contributed by atoms with E-state index < -0.39 is 11.0 Å². The Morgan fingerprint density at radius 3 is 2.42 bits per heavy atom. The Morgan fingerprint density at radius 1 is 1.12 bits per heavy atom. The van der Waals surface area contributed by atoms with Crippen LogP contribution >= 0.6 is 35.6 Å². The number of nitro benzene ring substituents is 1. The zero-order chi connectivity index (χ0) is 23.0. The summed E-state index contributed by atoms with van der Waals surface area (Å²) in [4.78, 5) is 26.1. The standard InChI is InChI=1S/C23H19Cl2N3O4.ClH/c1-26-12-19(18-10-14(24)11-21(25)20(18)13-26)17-4-2-3-5-22(17)27(23(29)30)15-6-8-16(9-7-15)28(31)32;/h2-11,19H,12-13H2,1H3,(H,29,30);1H. The van der Waals surface area contributed by atoms with E-state index in [1.54, 1.807) is 18.2 Å². The highest BCUT2D eigenvalue weighted by Crippen LogP contribution is 2.42. The van der Waals surface area contributed by atoms with Crippen molar-refractivity contribution in [2.45, 2.75) is 12.5 Å². The molecule has 1 amide bonds. The smallest absolute Gasteiger partial charge is 0.416 e. The monoisotopic (exact) mass is 507 g/mol. The molecule has 1 unspecified atom stereocenters. The van der Waals surface area contributed by atoms with E-state index in [9.17, 15) is 20.0 Å². The Hall–Kier alpha value is -2.84. The number of hydrogen-bond donors (Lipinski definition) is 1. The number of nitrogens with zero attached hydrogens (tertiary/aromatic N) is 3. The Labute approximate surface area is 206 Å². The highest BCUT2D eigenvalue weighted by Gasteiger charge is 2.31. The summed E-state index contributed by atoms with van der Waals surface area (Å²) in [5, 5.41) is 22.2. The summed E-state index contributed by atoms with van der Waals surface area (Å²) >= 11 is 12.8. The second kappa shape index (κ2) is 9.97. The number of rotatable bonds is 4. The lowest BCUT2D eigenvalue weighted by Gasteiger charge is -2.35. The topological polar surface area (TPSA) is 86.9 Å². The molecule has 0 aromatic heterocycles. The molecule has 0 saturated carbocycles. The van der Waals surface area contributed by atoms with Gasteiger partial charge in [-0.2, -0.15) is 0 Å². The summed E-state index contributed by atoms with van der Waals surface area (Å²) in [5.41, 5.74) is 3.38. The van der Waals surface area contributed by atoms with Crippen molar-refractivity contribution in [3.8, 4) is 0 Å². The highest BCUT2D eigenvalue weighted by atomic mass is 35.5. The number of fused-ring (bicyclic) bond motifs is 1. The summed E-state index contributed by atoms with van der Waals surface area (Å²) in [5.74, 6) is -0.170. The number of carboxylic acid groups (broad SMARTS) is 1. The van der Waals surface area contributed by atoms with Crippen LogP contribution in [0.15, 0.2) is 60.7 Å². The Morgan fingerprint density at radius 2 is 1.79 bits per heavy atom. The van der Waals surface area contributed by atoms with Gasteiger partial charge in [0.1, 0.15) is 0 Å². The average molecular weight is 509 g/mol. The van der Waals surface area contributed by atoms with Crippen LogP contribution in [-0.4, -0.2) is 34.6 Å². The molecule has 4 rings (SSSR count). The van der Waals surface area contributed by atoms with Crippen molar-refractivity contribution in [3.05, 3.63) is 97.5 Å². The summed E-state index contributed by atoms with van der Waals surface area (Å²) in [6.07, 6.45) is -1.19. The van der Waals surface area contributed by atoms with E-state index in [-0.39, 0.29) is 24.0 Å². The summed E-state index contributed by atoms with van der Waals surface area (Å²) in [6.45, 7) is 1.31. The lowest BCUT2D eigenvalue weighted by molar-refractivity contribution is -0.384. The fraction of sp³-hybridized carbons (Fsp3) is 0.174. The van der Waals surface area contributed by atoms with Crippen molar-refractivity contribution in [1.29, 1.82) is 0 Å². The van der Waals surface area contributed by atoms with Gasteiger partial charge in [-0.15, -0.1) is 12.4 Å². The fourth-order valence-electron chi connectivity index (χ4n) is 4.17. The van der Waals surface area contributed by atoms with E-state index in [2.05, 4.69) is 4.90 Å². The molecule has 0 saturated heterocycles. The molecule has 0 fully saturated rings.